The number of rotatable bonds is 5. The van der Waals surface area contributed by atoms with E-state index < -0.39 is 6.03 Å². The second-order valence-corrected chi connectivity index (χ2v) is 5.84. The van der Waals surface area contributed by atoms with Gasteiger partial charge in [-0.2, -0.15) is 0 Å². The smallest absolute Gasteiger partial charge is 0.318 e. The average molecular weight is 319 g/mol. The largest absolute Gasteiger partial charge is 0.497 e. The number of benzene rings is 1. The highest BCUT2D eigenvalue weighted by Gasteiger charge is 2.23. The number of amides is 3. The van der Waals surface area contributed by atoms with E-state index >= 15 is 0 Å². The number of carbonyl (C=O) groups is 2. The molecule has 126 valence electrons. The highest BCUT2D eigenvalue weighted by molar-refractivity contribution is 5.93. The van der Waals surface area contributed by atoms with Gasteiger partial charge in [0, 0.05) is 19.0 Å². The highest BCUT2D eigenvalue weighted by Crippen LogP contribution is 2.31. The summed E-state index contributed by atoms with van der Waals surface area (Å²) in [6, 6.07) is 7.62. The van der Waals surface area contributed by atoms with E-state index in [1.165, 1.54) is 18.4 Å². The summed E-state index contributed by atoms with van der Waals surface area (Å²) >= 11 is 0. The summed E-state index contributed by atoms with van der Waals surface area (Å²) in [5.41, 5.74) is 6.22. The van der Waals surface area contributed by atoms with Gasteiger partial charge in [0.2, 0.25) is 5.91 Å². The fourth-order valence-corrected chi connectivity index (χ4v) is 3.08. The summed E-state index contributed by atoms with van der Waals surface area (Å²) in [6.45, 7) is 1.58. The average Bonchev–Trinajstić information content (AvgIpc) is 2.78. The van der Waals surface area contributed by atoms with Crippen LogP contribution in [0, 0.1) is 0 Å². The topological polar surface area (TPSA) is 84.7 Å². The molecule has 0 aliphatic carbocycles. The van der Waals surface area contributed by atoms with Crippen molar-refractivity contribution in [2.75, 3.05) is 20.2 Å². The van der Waals surface area contributed by atoms with Crippen LogP contribution in [-0.4, -0.2) is 37.0 Å². The van der Waals surface area contributed by atoms with Crippen LogP contribution in [0.3, 0.4) is 0 Å². The summed E-state index contributed by atoms with van der Waals surface area (Å²) in [4.78, 5) is 24.7. The van der Waals surface area contributed by atoms with Crippen LogP contribution in [0.1, 0.15) is 43.7 Å². The summed E-state index contributed by atoms with van der Waals surface area (Å²) in [5.74, 6) is 0.519. The number of ether oxygens (including phenoxy) is 1. The molecule has 23 heavy (non-hydrogen) atoms. The fraction of sp³-hybridized carbons (Fsp3) is 0.529. The lowest BCUT2D eigenvalue weighted by molar-refractivity contribution is -0.120. The van der Waals surface area contributed by atoms with Gasteiger partial charge >= 0.3 is 6.03 Å². The molecule has 6 nitrogen and oxygen atoms in total. The van der Waals surface area contributed by atoms with Crippen LogP contribution in [0.4, 0.5) is 4.79 Å². The predicted octanol–water partition coefficient (Wildman–Crippen LogP) is 2.20. The Bertz CT molecular complexity index is 530. The number of likely N-dealkylation sites (tertiary alicyclic amines) is 1. The van der Waals surface area contributed by atoms with Crippen LogP contribution in [0.2, 0.25) is 0 Å². The first-order valence-corrected chi connectivity index (χ1v) is 8.07. The number of imide groups is 1. The predicted molar refractivity (Wildman–Crippen MR) is 88.1 cm³/mol. The molecule has 0 aromatic heterocycles. The van der Waals surface area contributed by atoms with Crippen LogP contribution >= 0.6 is 0 Å². The van der Waals surface area contributed by atoms with Crippen molar-refractivity contribution in [1.82, 2.24) is 10.2 Å². The van der Waals surface area contributed by atoms with E-state index in [1.54, 1.807) is 7.11 Å². The van der Waals surface area contributed by atoms with E-state index in [4.69, 9.17) is 10.5 Å². The third-order valence-electron chi connectivity index (χ3n) is 4.25. The highest BCUT2D eigenvalue weighted by atomic mass is 16.5. The van der Waals surface area contributed by atoms with Crippen molar-refractivity contribution >= 4 is 11.9 Å². The first kappa shape index (κ1) is 17.3. The zero-order valence-corrected chi connectivity index (χ0v) is 13.6. The molecule has 1 heterocycles. The lowest BCUT2D eigenvalue weighted by atomic mass is 10.0. The lowest BCUT2D eigenvalue weighted by Crippen LogP contribution is -2.38. The number of urea groups is 1. The lowest BCUT2D eigenvalue weighted by Gasteiger charge is -2.30. The number of nitrogens with two attached hydrogens (primary N) is 1. The number of methoxy groups -OCH3 is 1. The number of nitrogens with one attached hydrogen (secondary N) is 1. The zero-order valence-electron chi connectivity index (χ0n) is 13.6. The summed E-state index contributed by atoms with van der Waals surface area (Å²) in [6.07, 6.45) is 4.86. The van der Waals surface area contributed by atoms with Crippen molar-refractivity contribution in [3.05, 3.63) is 29.8 Å². The molecule has 0 spiro atoms. The van der Waals surface area contributed by atoms with Gasteiger partial charge in [-0.1, -0.05) is 25.0 Å². The number of carbonyl (C=O) groups excluding carboxylic acids is 2. The molecule has 1 aliphatic rings. The molecule has 0 saturated carbocycles. The molecular weight excluding hydrogens is 294 g/mol. The van der Waals surface area contributed by atoms with Gasteiger partial charge in [-0.3, -0.25) is 15.0 Å². The van der Waals surface area contributed by atoms with Gasteiger partial charge in [0.15, 0.2) is 0 Å². The maximum atomic E-state index is 11.7. The van der Waals surface area contributed by atoms with Gasteiger partial charge < -0.3 is 10.5 Å². The molecule has 1 aliphatic heterocycles. The minimum Gasteiger partial charge on any atom is -0.497 e. The zero-order chi connectivity index (χ0) is 16.7. The summed E-state index contributed by atoms with van der Waals surface area (Å²) in [5, 5.41) is 2.12. The molecule has 1 fully saturated rings. The summed E-state index contributed by atoms with van der Waals surface area (Å²) < 4.78 is 5.21. The van der Waals surface area contributed by atoms with Crippen LogP contribution in [0.15, 0.2) is 24.3 Å². The molecule has 0 bridgehead atoms. The van der Waals surface area contributed by atoms with E-state index in [-0.39, 0.29) is 12.3 Å². The fourth-order valence-electron chi connectivity index (χ4n) is 3.08. The SMILES string of the molecule is COc1ccc([C@@H]2CCCCCN2CCC(=O)NC(N)=O)cc1. The molecule has 1 atom stereocenters. The first-order chi connectivity index (χ1) is 11.1. The normalized spacial score (nSPS) is 18.9. The Morgan fingerprint density at radius 2 is 2.00 bits per heavy atom. The van der Waals surface area contributed by atoms with Gasteiger partial charge in [-0.15, -0.1) is 0 Å². The molecule has 2 rings (SSSR count). The van der Waals surface area contributed by atoms with E-state index in [0.29, 0.717) is 12.6 Å². The van der Waals surface area contributed by atoms with Gasteiger partial charge in [-0.05, 0) is 37.1 Å². The molecule has 0 unspecified atom stereocenters. The van der Waals surface area contributed by atoms with Crippen LogP contribution < -0.4 is 15.8 Å². The number of primary amides is 1. The molecule has 3 N–H and O–H groups in total. The quantitative estimate of drug-likeness (QED) is 0.871. The third-order valence-corrected chi connectivity index (χ3v) is 4.25. The Morgan fingerprint density at radius 3 is 2.65 bits per heavy atom. The Kier molecular flexibility index (Phi) is 6.40. The van der Waals surface area contributed by atoms with E-state index in [9.17, 15) is 9.59 Å². The van der Waals surface area contributed by atoms with Gasteiger partial charge in [0.1, 0.15) is 5.75 Å². The van der Waals surface area contributed by atoms with E-state index in [0.717, 1.165) is 25.1 Å². The Hall–Kier alpha value is -2.08. The molecule has 6 heteroatoms. The molecule has 1 aromatic rings. The van der Waals surface area contributed by atoms with Crippen molar-refractivity contribution < 1.29 is 14.3 Å². The van der Waals surface area contributed by atoms with Gasteiger partial charge in [0.05, 0.1) is 7.11 Å². The Morgan fingerprint density at radius 1 is 1.26 bits per heavy atom. The van der Waals surface area contributed by atoms with Crippen molar-refractivity contribution in [3.8, 4) is 5.75 Å². The number of hydrogen-bond acceptors (Lipinski definition) is 4. The van der Waals surface area contributed by atoms with E-state index in [2.05, 4.69) is 22.3 Å². The standard InChI is InChI=1S/C17H25N3O3/c1-23-14-8-6-13(7-9-14)15-5-3-2-4-11-20(15)12-10-16(21)19-17(18)22/h6-9,15H,2-5,10-12H2,1H3,(H3,18,19,21,22)/t15-/m0/s1. The van der Waals surface area contributed by atoms with Crippen molar-refractivity contribution in [2.45, 2.75) is 38.1 Å². The van der Waals surface area contributed by atoms with E-state index in [1.807, 2.05) is 12.1 Å². The second kappa shape index (κ2) is 8.53. The van der Waals surface area contributed by atoms with Gasteiger partial charge in [0.25, 0.3) is 0 Å². The second-order valence-electron chi connectivity index (χ2n) is 5.84. The monoisotopic (exact) mass is 319 g/mol. The van der Waals surface area contributed by atoms with Crippen LogP contribution in [-0.2, 0) is 4.79 Å². The van der Waals surface area contributed by atoms with Crippen molar-refractivity contribution in [1.29, 1.82) is 0 Å². The molecule has 1 aromatic carbocycles. The minimum atomic E-state index is -0.794. The van der Waals surface area contributed by atoms with Crippen LogP contribution in [0.25, 0.3) is 0 Å². The molecular formula is C17H25N3O3. The minimum absolute atomic E-state index is 0.273. The molecule has 1 saturated heterocycles. The Labute approximate surface area is 137 Å². The third kappa shape index (κ3) is 5.25. The Balaban J connectivity index is 2.03. The van der Waals surface area contributed by atoms with Crippen LogP contribution in [0.5, 0.6) is 5.75 Å². The molecule has 0 radical (unpaired) electrons. The first-order valence-electron chi connectivity index (χ1n) is 8.07. The van der Waals surface area contributed by atoms with Crippen molar-refractivity contribution in [3.63, 3.8) is 0 Å². The number of hydrogen-bond donors (Lipinski definition) is 2. The maximum Gasteiger partial charge on any atom is 0.318 e. The maximum absolute atomic E-state index is 11.7. The molecule has 3 amide bonds. The number of nitrogens with zero attached hydrogens (tertiary/aromatic N) is 1. The van der Waals surface area contributed by atoms with Crippen molar-refractivity contribution in [2.24, 2.45) is 5.73 Å². The summed E-state index contributed by atoms with van der Waals surface area (Å²) in [7, 11) is 1.66. The van der Waals surface area contributed by atoms with Gasteiger partial charge in [-0.25, -0.2) is 4.79 Å².